The maximum Gasteiger partial charge on any atom is 0.494 e. The maximum atomic E-state index is 15.3. The summed E-state index contributed by atoms with van der Waals surface area (Å²) in [5, 5.41) is -1.70. The molecule has 162 valence electrons. The average Bonchev–Trinajstić information content (AvgIpc) is 3.24. The summed E-state index contributed by atoms with van der Waals surface area (Å²) >= 11 is 0.879. The Morgan fingerprint density at radius 2 is 1.77 bits per heavy atom. The first-order chi connectivity index (χ1) is 14.1. The van der Waals surface area contributed by atoms with E-state index < -0.39 is 29.1 Å². The molecule has 2 aliphatic carbocycles. The molecule has 4 rings (SSSR count). The van der Waals surface area contributed by atoms with E-state index in [4.69, 9.17) is 14.0 Å². The Labute approximate surface area is 182 Å². The van der Waals surface area contributed by atoms with Crippen LogP contribution in [0.5, 0.6) is 0 Å². The van der Waals surface area contributed by atoms with E-state index in [-0.39, 0.29) is 17.4 Å². The standard InChI is InChI=1S/C23H29BF2O3S/c1-21(2)22(3,4)29-24(28-21)16-9-10-20(19(25)15-16)30-23(26)13-11-18(12-14-23)27-17-7-5-6-8-17/h9-13,15,17H,5-8,14H2,1-4H3. The summed E-state index contributed by atoms with van der Waals surface area (Å²) in [6.07, 6.45) is 9.78. The van der Waals surface area contributed by atoms with Crippen molar-refractivity contribution in [1.29, 1.82) is 0 Å². The second-order valence-electron chi connectivity index (χ2n) is 9.33. The van der Waals surface area contributed by atoms with Crippen LogP contribution in [0.1, 0.15) is 59.8 Å². The van der Waals surface area contributed by atoms with Gasteiger partial charge in [-0.05, 0) is 89.2 Å². The smallest absolute Gasteiger partial charge is 0.491 e. The molecule has 0 spiro atoms. The second kappa shape index (κ2) is 7.99. The molecule has 0 radical (unpaired) electrons. The molecule has 1 heterocycles. The summed E-state index contributed by atoms with van der Waals surface area (Å²) < 4.78 is 48.0. The zero-order valence-corrected chi connectivity index (χ0v) is 18.9. The van der Waals surface area contributed by atoms with Gasteiger partial charge in [-0.25, -0.2) is 8.78 Å². The van der Waals surface area contributed by atoms with E-state index >= 15 is 4.39 Å². The summed E-state index contributed by atoms with van der Waals surface area (Å²) in [4.78, 5) is 0.260. The molecule has 1 aliphatic heterocycles. The van der Waals surface area contributed by atoms with Crippen LogP contribution >= 0.6 is 11.8 Å². The minimum atomic E-state index is -1.70. The SMILES string of the molecule is CC1(C)OB(c2ccc(SC3(F)C=CC(OC4CCCC4)=CC3)c(F)c2)OC1(C)C. The lowest BCUT2D eigenvalue weighted by Gasteiger charge is -2.32. The predicted octanol–water partition coefficient (Wildman–Crippen LogP) is 5.69. The van der Waals surface area contributed by atoms with Crippen LogP contribution < -0.4 is 5.46 Å². The van der Waals surface area contributed by atoms with Crippen LogP contribution in [0.25, 0.3) is 0 Å². The minimum absolute atomic E-state index is 0.147. The molecule has 1 aromatic rings. The van der Waals surface area contributed by atoms with Gasteiger partial charge >= 0.3 is 7.12 Å². The van der Waals surface area contributed by atoms with Gasteiger partial charge in [0, 0.05) is 11.3 Å². The number of thioether (sulfide) groups is 1. The minimum Gasteiger partial charge on any atom is -0.491 e. The molecular formula is C23H29BF2O3S. The van der Waals surface area contributed by atoms with E-state index in [2.05, 4.69) is 0 Å². The van der Waals surface area contributed by atoms with Gasteiger partial charge < -0.3 is 14.0 Å². The van der Waals surface area contributed by atoms with Crippen molar-refractivity contribution in [3.63, 3.8) is 0 Å². The van der Waals surface area contributed by atoms with Crippen LogP contribution in [0.15, 0.2) is 47.1 Å². The molecule has 0 bridgehead atoms. The van der Waals surface area contributed by atoms with Gasteiger partial charge in [0.1, 0.15) is 11.6 Å². The zero-order chi connectivity index (χ0) is 21.6. The first-order valence-electron chi connectivity index (χ1n) is 10.7. The molecule has 0 amide bonds. The van der Waals surface area contributed by atoms with Crippen LogP contribution in [-0.4, -0.2) is 29.4 Å². The van der Waals surface area contributed by atoms with Crippen molar-refractivity contribution in [2.75, 3.05) is 0 Å². The largest absolute Gasteiger partial charge is 0.494 e. The third kappa shape index (κ3) is 4.48. The second-order valence-corrected chi connectivity index (χ2v) is 10.7. The molecule has 30 heavy (non-hydrogen) atoms. The number of hydrogen-bond donors (Lipinski definition) is 0. The van der Waals surface area contributed by atoms with Crippen molar-refractivity contribution in [3.05, 3.63) is 48.0 Å². The zero-order valence-electron chi connectivity index (χ0n) is 18.0. The summed E-state index contributed by atoms with van der Waals surface area (Å²) in [6, 6.07) is 4.72. The molecule has 7 heteroatoms. The predicted molar refractivity (Wildman–Crippen MR) is 117 cm³/mol. The number of rotatable bonds is 5. The van der Waals surface area contributed by atoms with E-state index in [1.165, 1.54) is 25.0 Å². The van der Waals surface area contributed by atoms with Crippen molar-refractivity contribution < 1.29 is 22.8 Å². The number of allylic oxidation sites excluding steroid dienone is 2. The van der Waals surface area contributed by atoms with E-state index in [1.54, 1.807) is 24.3 Å². The van der Waals surface area contributed by atoms with Crippen molar-refractivity contribution in [2.45, 2.75) is 87.0 Å². The monoisotopic (exact) mass is 434 g/mol. The molecule has 0 aromatic heterocycles. The van der Waals surface area contributed by atoms with Gasteiger partial charge in [0.25, 0.3) is 0 Å². The first-order valence-corrected chi connectivity index (χ1v) is 11.5. The number of halogens is 2. The van der Waals surface area contributed by atoms with E-state index in [0.29, 0.717) is 11.2 Å². The quantitative estimate of drug-likeness (QED) is 0.557. The molecule has 1 atom stereocenters. The number of alkyl halides is 1. The lowest BCUT2D eigenvalue weighted by Crippen LogP contribution is -2.41. The Balaban J connectivity index is 1.41. The number of ether oxygens (including phenoxy) is 1. The van der Waals surface area contributed by atoms with Gasteiger partial charge in [-0.2, -0.15) is 0 Å². The Morgan fingerprint density at radius 3 is 2.33 bits per heavy atom. The van der Waals surface area contributed by atoms with E-state index in [1.807, 2.05) is 27.7 Å². The van der Waals surface area contributed by atoms with Crippen molar-refractivity contribution in [3.8, 4) is 0 Å². The molecule has 1 saturated heterocycles. The van der Waals surface area contributed by atoms with Crippen LogP contribution in [-0.2, 0) is 14.0 Å². The fraction of sp³-hybridized carbons (Fsp3) is 0.565. The fourth-order valence-corrected chi connectivity index (χ4v) is 4.81. The Kier molecular flexibility index (Phi) is 5.84. The molecule has 3 aliphatic rings. The van der Waals surface area contributed by atoms with Crippen LogP contribution in [0.2, 0.25) is 0 Å². The average molecular weight is 434 g/mol. The van der Waals surface area contributed by atoms with E-state index in [0.717, 1.165) is 24.6 Å². The molecule has 1 saturated carbocycles. The number of benzene rings is 1. The highest BCUT2D eigenvalue weighted by Crippen LogP contribution is 2.43. The Hall–Kier alpha value is -1.31. The summed E-state index contributed by atoms with van der Waals surface area (Å²) in [5.74, 6) is 0.238. The maximum absolute atomic E-state index is 15.3. The highest BCUT2D eigenvalue weighted by atomic mass is 32.2. The number of hydrogen-bond acceptors (Lipinski definition) is 4. The van der Waals surface area contributed by atoms with Gasteiger partial charge in [-0.15, -0.1) is 0 Å². The molecule has 2 fully saturated rings. The molecular weight excluding hydrogens is 405 g/mol. The lowest BCUT2D eigenvalue weighted by molar-refractivity contribution is 0.00578. The molecule has 3 nitrogen and oxygen atoms in total. The van der Waals surface area contributed by atoms with Gasteiger partial charge in [-0.3, -0.25) is 0 Å². The Morgan fingerprint density at radius 1 is 1.10 bits per heavy atom. The topological polar surface area (TPSA) is 27.7 Å². The highest BCUT2D eigenvalue weighted by Gasteiger charge is 2.51. The summed E-state index contributed by atoms with van der Waals surface area (Å²) in [5.41, 5.74) is -0.404. The van der Waals surface area contributed by atoms with E-state index in [9.17, 15) is 4.39 Å². The third-order valence-corrected chi connectivity index (χ3v) is 7.64. The first kappa shape index (κ1) is 21.9. The molecule has 1 unspecified atom stereocenters. The van der Waals surface area contributed by atoms with Crippen LogP contribution in [0.3, 0.4) is 0 Å². The molecule has 0 N–H and O–H groups in total. The summed E-state index contributed by atoms with van der Waals surface area (Å²) in [6.45, 7) is 7.81. The van der Waals surface area contributed by atoms with Crippen molar-refractivity contribution in [2.24, 2.45) is 0 Å². The van der Waals surface area contributed by atoms with Crippen molar-refractivity contribution in [1.82, 2.24) is 0 Å². The third-order valence-electron chi connectivity index (χ3n) is 6.44. The van der Waals surface area contributed by atoms with Crippen LogP contribution in [0, 0.1) is 5.82 Å². The normalized spacial score (nSPS) is 28.1. The summed E-state index contributed by atoms with van der Waals surface area (Å²) in [7, 11) is -0.643. The fourth-order valence-electron chi connectivity index (χ4n) is 3.85. The Bertz CT molecular complexity index is 848. The highest BCUT2D eigenvalue weighted by molar-refractivity contribution is 8.00. The van der Waals surface area contributed by atoms with Crippen LogP contribution in [0.4, 0.5) is 8.78 Å². The van der Waals surface area contributed by atoms with Gasteiger partial charge in [0.15, 0.2) is 5.00 Å². The van der Waals surface area contributed by atoms with Gasteiger partial charge in [0.05, 0.1) is 17.3 Å². The van der Waals surface area contributed by atoms with Crippen molar-refractivity contribution >= 4 is 24.3 Å². The molecule has 1 aromatic carbocycles. The van der Waals surface area contributed by atoms with Gasteiger partial charge in [-0.1, -0.05) is 17.8 Å². The lowest BCUT2D eigenvalue weighted by atomic mass is 9.79. The van der Waals surface area contributed by atoms with Gasteiger partial charge in [0.2, 0.25) is 0 Å².